The highest BCUT2D eigenvalue weighted by Crippen LogP contribution is 2.25. The summed E-state index contributed by atoms with van der Waals surface area (Å²) in [4.78, 5) is 23.7. The molecule has 5 heteroatoms. The molecule has 0 spiro atoms. The van der Waals surface area contributed by atoms with E-state index in [9.17, 15) is 9.59 Å². The second-order valence-electron chi connectivity index (χ2n) is 5.79. The smallest absolute Gasteiger partial charge is 0.327 e. The van der Waals surface area contributed by atoms with Crippen molar-refractivity contribution >= 4 is 23.3 Å². The van der Waals surface area contributed by atoms with E-state index >= 15 is 0 Å². The normalized spacial score (nSPS) is 16.6. The summed E-state index contributed by atoms with van der Waals surface area (Å²) in [6.07, 6.45) is 5.45. The highest BCUT2D eigenvalue weighted by atomic mass is 16.5. The molecule has 1 atom stereocenters. The van der Waals surface area contributed by atoms with Gasteiger partial charge in [-0.3, -0.25) is 4.79 Å². The molecule has 0 aromatic heterocycles. The van der Waals surface area contributed by atoms with Gasteiger partial charge in [-0.25, -0.2) is 4.79 Å². The molecular formula is C17H24N2O3. The van der Waals surface area contributed by atoms with E-state index in [4.69, 9.17) is 0 Å². The Morgan fingerprint density at radius 1 is 1.18 bits per heavy atom. The number of nitrogens with one attached hydrogen (secondary N) is 2. The molecule has 0 bridgehead atoms. The molecular weight excluding hydrogens is 280 g/mol. The Bertz CT molecular complexity index is 524. The van der Waals surface area contributed by atoms with E-state index in [1.165, 1.54) is 13.5 Å². The Morgan fingerprint density at radius 3 is 2.55 bits per heavy atom. The first kappa shape index (κ1) is 16.3. The number of carbonyl (C=O) groups is 2. The minimum Gasteiger partial charge on any atom is -0.467 e. The highest BCUT2D eigenvalue weighted by molar-refractivity contribution is 5.93. The molecule has 1 aromatic carbocycles. The van der Waals surface area contributed by atoms with Crippen LogP contribution in [0.15, 0.2) is 24.3 Å². The van der Waals surface area contributed by atoms with E-state index in [1.54, 1.807) is 6.92 Å². The van der Waals surface area contributed by atoms with E-state index in [-0.39, 0.29) is 17.8 Å². The standard InChI is InChI=1S/C17H24N2O3/c1-12(17(21)22-2)18-14-9-6-10-15(11-14)19-16(20)13-7-4-3-5-8-13/h6,9-13,18H,3-5,7-8H2,1-2H3,(H,19,20)/t12-/m1/s1. The predicted octanol–water partition coefficient (Wildman–Crippen LogP) is 3.18. The van der Waals surface area contributed by atoms with Crippen LogP contribution in [0.25, 0.3) is 0 Å². The first-order valence-corrected chi connectivity index (χ1v) is 7.85. The lowest BCUT2D eigenvalue weighted by molar-refractivity contribution is -0.141. The van der Waals surface area contributed by atoms with Crippen molar-refractivity contribution in [3.8, 4) is 0 Å². The van der Waals surface area contributed by atoms with Crippen LogP contribution in [-0.4, -0.2) is 25.0 Å². The lowest BCUT2D eigenvalue weighted by atomic mass is 9.88. The number of carbonyl (C=O) groups excluding carboxylic acids is 2. The number of methoxy groups -OCH3 is 1. The largest absolute Gasteiger partial charge is 0.467 e. The maximum Gasteiger partial charge on any atom is 0.327 e. The Balaban J connectivity index is 1.95. The van der Waals surface area contributed by atoms with Gasteiger partial charge in [-0.1, -0.05) is 25.3 Å². The van der Waals surface area contributed by atoms with E-state index in [2.05, 4.69) is 15.4 Å². The van der Waals surface area contributed by atoms with Crippen LogP contribution in [0.3, 0.4) is 0 Å². The molecule has 0 unspecified atom stereocenters. The summed E-state index contributed by atoms with van der Waals surface area (Å²) in [5.74, 6) is -0.103. The summed E-state index contributed by atoms with van der Waals surface area (Å²) >= 11 is 0. The lowest BCUT2D eigenvalue weighted by Gasteiger charge is -2.21. The molecule has 0 heterocycles. The fraction of sp³-hybridized carbons (Fsp3) is 0.529. The van der Waals surface area contributed by atoms with Crippen LogP contribution in [0.5, 0.6) is 0 Å². The Hall–Kier alpha value is -2.04. The van der Waals surface area contributed by atoms with Gasteiger partial charge < -0.3 is 15.4 Å². The minimum absolute atomic E-state index is 0.0952. The molecule has 22 heavy (non-hydrogen) atoms. The van der Waals surface area contributed by atoms with Crippen LogP contribution in [0.4, 0.5) is 11.4 Å². The quantitative estimate of drug-likeness (QED) is 0.820. The SMILES string of the molecule is COC(=O)[C@@H](C)Nc1cccc(NC(=O)C2CCCCC2)c1. The van der Waals surface area contributed by atoms with Crippen LogP contribution in [0.1, 0.15) is 39.0 Å². The number of benzene rings is 1. The van der Waals surface area contributed by atoms with E-state index in [1.807, 2.05) is 24.3 Å². The number of anilines is 2. The topological polar surface area (TPSA) is 67.4 Å². The molecule has 1 aliphatic carbocycles. The second-order valence-corrected chi connectivity index (χ2v) is 5.79. The van der Waals surface area contributed by atoms with Crippen molar-refractivity contribution in [2.45, 2.75) is 45.1 Å². The number of hydrogen-bond acceptors (Lipinski definition) is 4. The fourth-order valence-corrected chi connectivity index (χ4v) is 2.78. The molecule has 1 amide bonds. The molecule has 0 aliphatic heterocycles. The first-order chi connectivity index (χ1) is 10.6. The Kier molecular flexibility index (Phi) is 5.81. The van der Waals surface area contributed by atoms with Crippen molar-refractivity contribution in [2.24, 2.45) is 5.92 Å². The molecule has 1 aliphatic rings. The third kappa shape index (κ3) is 4.48. The zero-order valence-corrected chi connectivity index (χ0v) is 13.2. The van der Waals surface area contributed by atoms with Gasteiger partial charge in [0.1, 0.15) is 6.04 Å². The van der Waals surface area contributed by atoms with Gasteiger partial charge in [0.15, 0.2) is 0 Å². The van der Waals surface area contributed by atoms with Gasteiger partial charge in [0.05, 0.1) is 7.11 Å². The first-order valence-electron chi connectivity index (χ1n) is 7.85. The Morgan fingerprint density at radius 2 is 1.86 bits per heavy atom. The van der Waals surface area contributed by atoms with E-state index in [0.717, 1.165) is 37.1 Å². The molecule has 0 saturated heterocycles. The third-order valence-electron chi connectivity index (χ3n) is 4.04. The molecule has 2 rings (SSSR count). The number of amides is 1. The van der Waals surface area contributed by atoms with Gasteiger partial charge in [-0.2, -0.15) is 0 Å². The third-order valence-corrected chi connectivity index (χ3v) is 4.04. The number of esters is 1. The second kappa shape index (κ2) is 7.82. The van der Waals surface area contributed by atoms with E-state index < -0.39 is 6.04 Å². The lowest BCUT2D eigenvalue weighted by Crippen LogP contribution is -2.27. The predicted molar refractivity (Wildman–Crippen MR) is 86.7 cm³/mol. The molecule has 0 radical (unpaired) electrons. The highest BCUT2D eigenvalue weighted by Gasteiger charge is 2.21. The van der Waals surface area contributed by atoms with Gasteiger partial charge in [0, 0.05) is 17.3 Å². The number of ether oxygens (including phenoxy) is 1. The van der Waals surface area contributed by atoms with Crippen molar-refractivity contribution in [3.05, 3.63) is 24.3 Å². The summed E-state index contributed by atoms with van der Waals surface area (Å²) in [6, 6.07) is 6.96. The number of hydrogen-bond donors (Lipinski definition) is 2. The minimum atomic E-state index is -0.436. The molecule has 1 saturated carbocycles. The van der Waals surface area contributed by atoms with Gasteiger partial charge in [-0.05, 0) is 38.0 Å². The summed E-state index contributed by atoms with van der Waals surface area (Å²) in [5.41, 5.74) is 1.52. The van der Waals surface area contributed by atoms with Crippen LogP contribution in [0.2, 0.25) is 0 Å². The van der Waals surface area contributed by atoms with Gasteiger partial charge in [0.2, 0.25) is 5.91 Å². The average molecular weight is 304 g/mol. The van der Waals surface area contributed by atoms with Gasteiger partial charge >= 0.3 is 5.97 Å². The molecule has 1 fully saturated rings. The monoisotopic (exact) mass is 304 g/mol. The van der Waals surface area contributed by atoms with Crippen molar-refractivity contribution < 1.29 is 14.3 Å². The van der Waals surface area contributed by atoms with Crippen LogP contribution in [-0.2, 0) is 14.3 Å². The van der Waals surface area contributed by atoms with Crippen molar-refractivity contribution in [1.82, 2.24) is 0 Å². The average Bonchev–Trinajstić information content (AvgIpc) is 2.55. The van der Waals surface area contributed by atoms with Crippen LogP contribution < -0.4 is 10.6 Å². The van der Waals surface area contributed by atoms with Crippen molar-refractivity contribution in [3.63, 3.8) is 0 Å². The van der Waals surface area contributed by atoms with Crippen LogP contribution >= 0.6 is 0 Å². The van der Waals surface area contributed by atoms with Gasteiger partial charge in [-0.15, -0.1) is 0 Å². The summed E-state index contributed by atoms with van der Waals surface area (Å²) in [7, 11) is 1.36. The van der Waals surface area contributed by atoms with Crippen molar-refractivity contribution in [2.75, 3.05) is 17.7 Å². The van der Waals surface area contributed by atoms with Gasteiger partial charge in [0.25, 0.3) is 0 Å². The summed E-state index contributed by atoms with van der Waals surface area (Å²) in [5, 5.41) is 6.03. The molecule has 1 aromatic rings. The fourth-order valence-electron chi connectivity index (χ4n) is 2.78. The zero-order chi connectivity index (χ0) is 15.9. The van der Waals surface area contributed by atoms with E-state index in [0.29, 0.717) is 0 Å². The number of rotatable bonds is 5. The molecule has 5 nitrogen and oxygen atoms in total. The van der Waals surface area contributed by atoms with Crippen LogP contribution in [0, 0.1) is 5.92 Å². The molecule has 2 N–H and O–H groups in total. The maximum absolute atomic E-state index is 12.2. The summed E-state index contributed by atoms with van der Waals surface area (Å²) in [6.45, 7) is 1.74. The Labute approximate surface area is 131 Å². The molecule has 120 valence electrons. The summed E-state index contributed by atoms with van der Waals surface area (Å²) < 4.78 is 4.69. The zero-order valence-electron chi connectivity index (χ0n) is 13.2. The van der Waals surface area contributed by atoms with Crippen molar-refractivity contribution in [1.29, 1.82) is 0 Å². The maximum atomic E-state index is 12.2.